The van der Waals surface area contributed by atoms with E-state index in [9.17, 15) is 25.0 Å². The van der Waals surface area contributed by atoms with Gasteiger partial charge in [-0.2, -0.15) is 5.26 Å². The molecule has 10 nitrogen and oxygen atoms in total. The third-order valence-corrected chi connectivity index (χ3v) is 3.77. The Morgan fingerprint density at radius 1 is 1.31 bits per heavy atom. The van der Waals surface area contributed by atoms with Crippen molar-refractivity contribution < 1.29 is 19.2 Å². The molecule has 0 bridgehead atoms. The highest BCUT2D eigenvalue weighted by atomic mass is 16.6. The molecule has 1 aromatic carbocycles. The molecule has 1 aliphatic rings. The molecule has 2 amide bonds. The predicted octanol–water partition coefficient (Wildman–Crippen LogP) is 1.32. The zero-order valence-electron chi connectivity index (χ0n) is 14.0. The molecule has 1 saturated heterocycles. The summed E-state index contributed by atoms with van der Waals surface area (Å²) in [4.78, 5) is 37.4. The second kappa shape index (κ2) is 8.48. The number of nitriles is 1. The number of carbonyl (C=O) groups excluding carboxylic acids is 2. The van der Waals surface area contributed by atoms with Crippen LogP contribution in [0.25, 0.3) is 0 Å². The van der Waals surface area contributed by atoms with Gasteiger partial charge in [-0.25, -0.2) is 4.79 Å². The van der Waals surface area contributed by atoms with E-state index >= 15 is 0 Å². The number of nitrogens with one attached hydrogen (secondary N) is 1. The van der Waals surface area contributed by atoms with E-state index in [4.69, 9.17) is 0 Å². The predicted molar refractivity (Wildman–Crippen MR) is 91.0 cm³/mol. The summed E-state index contributed by atoms with van der Waals surface area (Å²) < 4.78 is 4.64. The van der Waals surface area contributed by atoms with Gasteiger partial charge in [0.15, 0.2) is 0 Å². The highest BCUT2D eigenvalue weighted by molar-refractivity contribution is 6.07. The summed E-state index contributed by atoms with van der Waals surface area (Å²) in [6, 6.07) is 7.47. The summed E-state index contributed by atoms with van der Waals surface area (Å²) in [6.45, 7) is 1.65. The molecule has 0 saturated carbocycles. The van der Waals surface area contributed by atoms with Crippen LogP contribution in [-0.4, -0.2) is 60.0 Å². The number of nitrogens with zero attached hydrogens (tertiary/aromatic N) is 4. The summed E-state index contributed by atoms with van der Waals surface area (Å²) >= 11 is 0. The van der Waals surface area contributed by atoms with Gasteiger partial charge in [-0.1, -0.05) is 12.1 Å². The van der Waals surface area contributed by atoms with Crippen molar-refractivity contribution in [2.24, 2.45) is 0 Å². The Bertz CT molecular complexity index is 777. The highest BCUT2D eigenvalue weighted by Gasteiger charge is 2.22. The van der Waals surface area contributed by atoms with Crippen LogP contribution in [0.3, 0.4) is 0 Å². The molecule has 1 aromatic rings. The molecule has 1 heterocycles. The van der Waals surface area contributed by atoms with Crippen molar-refractivity contribution in [2.75, 3.05) is 38.6 Å². The first-order valence-corrected chi connectivity index (χ1v) is 7.70. The third-order valence-electron chi connectivity index (χ3n) is 3.77. The molecule has 0 unspecified atom stereocenters. The van der Waals surface area contributed by atoms with Gasteiger partial charge in [0.1, 0.15) is 17.3 Å². The summed E-state index contributed by atoms with van der Waals surface area (Å²) in [7, 11) is 1.30. The van der Waals surface area contributed by atoms with Crippen molar-refractivity contribution in [2.45, 2.75) is 0 Å². The van der Waals surface area contributed by atoms with E-state index in [1.165, 1.54) is 36.4 Å². The van der Waals surface area contributed by atoms with Gasteiger partial charge in [-0.05, 0) is 6.07 Å². The number of ether oxygens (including phenoxy) is 1. The van der Waals surface area contributed by atoms with E-state index < -0.39 is 16.9 Å². The Hall–Kier alpha value is -3.61. The Kier molecular flexibility index (Phi) is 6.10. The smallest absolute Gasteiger partial charge is 0.409 e. The molecule has 26 heavy (non-hydrogen) atoms. The topological polar surface area (TPSA) is 129 Å². The number of nitro benzene ring substituents is 1. The molecular formula is C16H17N5O5. The number of hydrogen-bond donors (Lipinski definition) is 1. The molecule has 0 aliphatic carbocycles. The summed E-state index contributed by atoms with van der Waals surface area (Å²) in [5.41, 5.74) is -0.432. The van der Waals surface area contributed by atoms with Gasteiger partial charge in [-0.15, -0.1) is 0 Å². The number of nitro groups is 1. The van der Waals surface area contributed by atoms with Crippen LogP contribution in [0.15, 0.2) is 36.0 Å². The maximum absolute atomic E-state index is 12.3. The molecule has 0 aromatic heterocycles. The zero-order chi connectivity index (χ0) is 19.1. The fraction of sp³-hybridized carbons (Fsp3) is 0.312. The fourth-order valence-corrected chi connectivity index (χ4v) is 2.41. The normalized spacial score (nSPS) is 14.4. The molecule has 1 fully saturated rings. The highest BCUT2D eigenvalue weighted by Crippen LogP contribution is 2.23. The molecule has 0 spiro atoms. The van der Waals surface area contributed by atoms with Crippen LogP contribution in [0, 0.1) is 21.4 Å². The van der Waals surface area contributed by atoms with Gasteiger partial charge in [0.2, 0.25) is 0 Å². The van der Waals surface area contributed by atoms with Gasteiger partial charge < -0.3 is 19.9 Å². The van der Waals surface area contributed by atoms with Crippen LogP contribution >= 0.6 is 0 Å². The number of methoxy groups -OCH3 is 1. The first-order valence-electron chi connectivity index (χ1n) is 7.70. The monoisotopic (exact) mass is 359 g/mol. The van der Waals surface area contributed by atoms with Crippen molar-refractivity contribution in [3.05, 3.63) is 46.2 Å². The number of carbonyl (C=O) groups is 2. The number of anilines is 1. The number of para-hydroxylation sites is 2. The lowest BCUT2D eigenvalue weighted by atomic mass is 10.2. The molecule has 10 heteroatoms. The van der Waals surface area contributed by atoms with Crippen molar-refractivity contribution in [1.82, 2.24) is 9.80 Å². The van der Waals surface area contributed by atoms with E-state index in [0.717, 1.165) is 0 Å². The molecular weight excluding hydrogens is 342 g/mol. The summed E-state index contributed by atoms with van der Waals surface area (Å²) in [5.74, 6) is -0.739. The SMILES string of the molecule is COC(=O)N1CCN(/C=C(/C#N)C(=O)Nc2ccccc2[N+](=O)[O-])CC1. The average Bonchev–Trinajstić information content (AvgIpc) is 2.66. The largest absolute Gasteiger partial charge is 0.453 e. The van der Waals surface area contributed by atoms with Gasteiger partial charge in [0.25, 0.3) is 11.6 Å². The summed E-state index contributed by atoms with van der Waals surface area (Å²) in [5, 5.41) is 22.6. The lowest BCUT2D eigenvalue weighted by Crippen LogP contribution is -2.47. The molecule has 0 atom stereocenters. The summed E-state index contributed by atoms with van der Waals surface area (Å²) in [6.07, 6.45) is 0.960. The van der Waals surface area contributed by atoms with Gasteiger partial charge in [-0.3, -0.25) is 14.9 Å². The van der Waals surface area contributed by atoms with Gasteiger partial charge >= 0.3 is 6.09 Å². The first-order chi connectivity index (χ1) is 12.5. The zero-order valence-corrected chi connectivity index (χ0v) is 14.0. The van der Waals surface area contributed by atoms with E-state index in [2.05, 4.69) is 10.1 Å². The number of amides is 2. The van der Waals surface area contributed by atoms with Crippen LogP contribution in [0.1, 0.15) is 0 Å². The van der Waals surface area contributed by atoms with Crippen LogP contribution in [0.5, 0.6) is 0 Å². The van der Waals surface area contributed by atoms with Crippen LogP contribution in [0.2, 0.25) is 0 Å². The molecule has 1 aliphatic heterocycles. The van der Waals surface area contributed by atoms with Crippen molar-refractivity contribution in [3.8, 4) is 6.07 Å². The van der Waals surface area contributed by atoms with Gasteiger partial charge in [0, 0.05) is 38.4 Å². The van der Waals surface area contributed by atoms with Crippen LogP contribution < -0.4 is 5.32 Å². The molecule has 136 valence electrons. The fourth-order valence-electron chi connectivity index (χ4n) is 2.41. The Balaban J connectivity index is 2.06. The molecule has 2 rings (SSSR count). The number of piperazine rings is 1. The lowest BCUT2D eigenvalue weighted by Gasteiger charge is -2.33. The number of rotatable bonds is 4. The standard InChI is InChI=1S/C16H17N5O5/c1-26-16(23)20-8-6-19(7-9-20)11-12(10-17)15(22)18-13-4-2-3-5-14(13)21(24)25/h2-5,11H,6-9H2,1H3,(H,18,22)/b12-11-. The minimum atomic E-state index is -0.739. The Morgan fingerprint density at radius 3 is 2.54 bits per heavy atom. The van der Waals surface area contributed by atoms with Gasteiger partial charge in [0.05, 0.1) is 12.0 Å². The maximum atomic E-state index is 12.3. The second-order valence-corrected chi connectivity index (χ2v) is 5.38. The van der Waals surface area contributed by atoms with Crippen molar-refractivity contribution >= 4 is 23.4 Å². The van der Waals surface area contributed by atoms with E-state index in [-0.39, 0.29) is 16.9 Å². The molecule has 0 radical (unpaired) electrons. The average molecular weight is 359 g/mol. The minimum absolute atomic E-state index is 0.0131. The number of hydrogen-bond acceptors (Lipinski definition) is 7. The molecule has 1 N–H and O–H groups in total. The van der Waals surface area contributed by atoms with E-state index in [0.29, 0.717) is 26.2 Å². The Morgan fingerprint density at radius 2 is 1.96 bits per heavy atom. The lowest BCUT2D eigenvalue weighted by molar-refractivity contribution is -0.383. The minimum Gasteiger partial charge on any atom is -0.453 e. The van der Waals surface area contributed by atoms with Crippen LogP contribution in [-0.2, 0) is 9.53 Å². The maximum Gasteiger partial charge on any atom is 0.409 e. The second-order valence-electron chi connectivity index (χ2n) is 5.38. The van der Waals surface area contributed by atoms with Crippen LogP contribution in [0.4, 0.5) is 16.2 Å². The van der Waals surface area contributed by atoms with E-state index in [1.54, 1.807) is 17.0 Å². The van der Waals surface area contributed by atoms with Crippen molar-refractivity contribution in [3.63, 3.8) is 0 Å². The third kappa shape index (κ3) is 4.47. The quantitative estimate of drug-likeness (QED) is 0.371. The van der Waals surface area contributed by atoms with Crippen molar-refractivity contribution in [1.29, 1.82) is 5.26 Å². The number of benzene rings is 1. The first kappa shape index (κ1) is 18.7. The Labute approximate surface area is 149 Å². The van der Waals surface area contributed by atoms with E-state index in [1.807, 2.05) is 0 Å².